The Bertz CT molecular complexity index is 817. The van der Waals surface area contributed by atoms with Gasteiger partial charge >= 0.3 is 16.4 Å². The van der Waals surface area contributed by atoms with Crippen molar-refractivity contribution in [2.24, 2.45) is 0 Å². The zero-order valence-corrected chi connectivity index (χ0v) is 31.9. The van der Waals surface area contributed by atoms with E-state index >= 15 is 0 Å². The standard InChI is InChI=1S/C39H70BrNO6/c1-3-5-7-9-11-13-15-17-19-21-23-25-27-29-31-33-37(42)46-35-39(40,41(44)45)36-47-38(43)34-32-30-28-26-24-22-20-18-16-14-12-10-8-6-4-2/h15,17-18,20H,3-14,16,19,21-36H2,1-2H3/b17-15+,20-18+. The fourth-order valence-electron chi connectivity index (χ4n) is 5.35. The molecule has 0 aliphatic heterocycles. The average molecular weight is 729 g/mol. The highest BCUT2D eigenvalue weighted by Crippen LogP contribution is 2.22. The number of esters is 2. The molecule has 0 amide bonds. The maximum atomic E-state index is 12.2. The van der Waals surface area contributed by atoms with Crippen molar-refractivity contribution in [2.75, 3.05) is 13.2 Å². The molecule has 0 heterocycles. The molecule has 1 atom stereocenters. The van der Waals surface area contributed by atoms with Gasteiger partial charge < -0.3 is 9.47 Å². The van der Waals surface area contributed by atoms with Crippen LogP contribution < -0.4 is 0 Å². The zero-order valence-electron chi connectivity index (χ0n) is 30.3. The molecule has 0 saturated carbocycles. The molecule has 0 spiro atoms. The smallest absolute Gasteiger partial charge is 0.341 e. The highest BCUT2D eigenvalue weighted by atomic mass is 79.9. The summed E-state index contributed by atoms with van der Waals surface area (Å²) >= 11 is 3.04. The summed E-state index contributed by atoms with van der Waals surface area (Å²) in [5.74, 6) is -0.927. The van der Waals surface area contributed by atoms with Gasteiger partial charge in [0.1, 0.15) is 0 Å². The summed E-state index contributed by atoms with van der Waals surface area (Å²) in [5.41, 5.74) is 0. The van der Waals surface area contributed by atoms with E-state index < -0.39 is 34.5 Å². The monoisotopic (exact) mass is 727 g/mol. The molecule has 1 unspecified atom stereocenters. The molecule has 47 heavy (non-hydrogen) atoms. The molecule has 0 aromatic heterocycles. The molecule has 0 saturated heterocycles. The first-order valence-electron chi connectivity index (χ1n) is 19.3. The van der Waals surface area contributed by atoms with Crippen LogP contribution in [-0.4, -0.2) is 34.5 Å². The van der Waals surface area contributed by atoms with E-state index in [1.54, 1.807) is 0 Å². The van der Waals surface area contributed by atoms with Crippen LogP contribution in [0.15, 0.2) is 24.3 Å². The van der Waals surface area contributed by atoms with Crippen LogP contribution in [0.4, 0.5) is 0 Å². The molecule has 274 valence electrons. The topological polar surface area (TPSA) is 95.7 Å². The van der Waals surface area contributed by atoms with E-state index in [0.717, 1.165) is 57.8 Å². The number of ether oxygens (including phenoxy) is 2. The predicted octanol–water partition coefficient (Wildman–Crippen LogP) is 12.5. The fourth-order valence-corrected chi connectivity index (χ4v) is 5.58. The number of carbonyl (C=O) groups excluding carboxylic acids is 2. The lowest BCUT2D eigenvalue weighted by Crippen LogP contribution is -2.42. The number of nitro groups is 1. The maximum Gasteiger partial charge on any atom is 0.341 e. The van der Waals surface area contributed by atoms with Gasteiger partial charge in [0.15, 0.2) is 13.2 Å². The molecule has 0 aliphatic carbocycles. The summed E-state index contributed by atoms with van der Waals surface area (Å²) in [4.78, 5) is 35.4. The first-order chi connectivity index (χ1) is 22.9. The Hall–Kier alpha value is -1.70. The van der Waals surface area contributed by atoms with Crippen molar-refractivity contribution in [3.8, 4) is 0 Å². The second-order valence-corrected chi connectivity index (χ2v) is 14.6. The third kappa shape index (κ3) is 31.3. The van der Waals surface area contributed by atoms with Crippen molar-refractivity contribution in [2.45, 2.75) is 198 Å². The molecule has 0 aliphatic rings. The van der Waals surface area contributed by atoms with Crippen molar-refractivity contribution < 1.29 is 24.0 Å². The van der Waals surface area contributed by atoms with E-state index in [2.05, 4.69) is 54.1 Å². The molecular weight excluding hydrogens is 658 g/mol. The van der Waals surface area contributed by atoms with Gasteiger partial charge in [-0.3, -0.25) is 19.7 Å². The van der Waals surface area contributed by atoms with Crippen LogP contribution >= 0.6 is 15.9 Å². The average Bonchev–Trinajstić information content (AvgIpc) is 3.06. The lowest BCUT2D eigenvalue weighted by Gasteiger charge is -2.18. The molecule has 0 fully saturated rings. The third-order valence-corrected chi connectivity index (χ3v) is 9.27. The van der Waals surface area contributed by atoms with Gasteiger partial charge in [-0.1, -0.05) is 141 Å². The number of alkyl halides is 1. The molecule has 0 aromatic rings. The number of halogens is 1. The number of rotatable bonds is 35. The van der Waals surface area contributed by atoms with Crippen molar-refractivity contribution in [3.63, 3.8) is 0 Å². The lowest BCUT2D eigenvalue weighted by atomic mass is 10.1. The van der Waals surface area contributed by atoms with Crippen LogP contribution in [0.2, 0.25) is 0 Å². The summed E-state index contributed by atoms with van der Waals surface area (Å²) in [6.07, 6.45) is 40.2. The molecule has 7 nitrogen and oxygen atoms in total. The molecule has 0 radical (unpaired) electrons. The van der Waals surface area contributed by atoms with Gasteiger partial charge in [0, 0.05) is 33.7 Å². The van der Waals surface area contributed by atoms with Gasteiger partial charge in [0.2, 0.25) is 0 Å². The molecule has 0 N–H and O–H groups in total. The molecule has 8 heteroatoms. The Morgan fingerprint density at radius 2 is 0.809 bits per heavy atom. The summed E-state index contributed by atoms with van der Waals surface area (Å²) in [5, 5.41) is 11.6. The van der Waals surface area contributed by atoms with Crippen LogP contribution in [0, 0.1) is 10.1 Å². The summed E-state index contributed by atoms with van der Waals surface area (Å²) in [7, 11) is 0. The van der Waals surface area contributed by atoms with Crippen molar-refractivity contribution >= 4 is 27.9 Å². The normalized spacial score (nSPS) is 12.9. The largest absolute Gasteiger partial charge is 0.457 e. The molecule has 0 aromatic carbocycles. The zero-order chi connectivity index (χ0) is 34.7. The first-order valence-corrected chi connectivity index (χ1v) is 20.1. The Kier molecular flexibility index (Phi) is 32.9. The highest BCUT2D eigenvalue weighted by Gasteiger charge is 2.43. The van der Waals surface area contributed by atoms with E-state index in [4.69, 9.17) is 9.47 Å². The Labute approximate surface area is 296 Å². The molecule has 0 rings (SSSR count). The SMILES string of the molecule is CCCCCCC/C=C/CCCCCCCCC(=O)OCC(Br)(COC(=O)CCCCCCC/C=C/CCCCCCCC)[N+](=O)[O-]. The van der Waals surface area contributed by atoms with Gasteiger partial charge in [-0.05, 0) is 64.2 Å². The van der Waals surface area contributed by atoms with Gasteiger partial charge in [0.05, 0.1) is 0 Å². The minimum Gasteiger partial charge on any atom is -0.457 e. The number of allylic oxidation sites excluding steroid dienone is 4. The fraction of sp³-hybridized carbons (Fsp3) is 0.846. The van der Waals surface area contributed by atoms with Crippen LogP contribution in [0.1, 0.15) is 194 Å². The number of unbranched alkanes of at least 4 members (excludes halogenated alkanes) is 22. The van der Waals surface area contributed by atoms with Crippen LogP contribution in [0.5, 0.6) is 0 Å². The quantitative estimate of drug-likeness (QED) is 0.0123. The van der Waals surface area contributed by atoms with Crippen molar-refractivity contribution in [1.82, 2.24) is 0 Å². The third-order valence-electron chi connectivity index (χ3n) is 8.52. The molecular formula is C39H70BrNO6. The Morgan fingerprint density at radius 1 is 0.532 bits per heavy atom. The number of hydrogen-bond donors (Lipinski definition) is 0. The van der Waals surface area contributed by atoms with E-state index in [0.29, 0.717) is 12.8 Å². The van der Waals surface area contributed by atoms with Crippen LogP contribution in [0.25, 0.3) is 0 Å². The second-order valence-electron chi connectivity index (χ2n) is 13.2. The predicted molar refractivity (Wildman–Crippen MR) is 199 cm³/mol. The van der Waals surface area contributed by atoms with Gasteiger partial charge in [-0.2, -0.15) is 0 Å². The van der Waals surface area contributed by atoms with E-state index in [-0.39, 0.29) is 12.8 Å². The van der Waals surface area contributed by atoms with Crippen LogP contribution in [-0.2, 0) is 19.1 Å². The summed E-state index contributed by atoms with van der Waals surface area (Å²) in [6.45, 7) is 3.53. The van der Waals surface area contributed by atoms with E-state index in [1.807, 2.05) is 0 Å². The molecule has 0 bridgehead atoms. The number of carbonyl (C=O) groups is 2. The second kappa shape index (κ2) is 34.2. The lowest BCUT2D eigenvalue weighted by molar-refractivity contribution is -0.541. The first kappa shape index (κ1) is 45.3. The minimum atomic E-state index is -1.83. The van der Waals surface area contributed by atoms with Gasteiger partial charge in [0.25, 0.3) is 0 Å². The maximum absolute atomic E-state index is 12.2. The van der Waals surface area contributed by atoms with E-state index in [1.165, 1.54) is 96.3 Å². The number of nitrogens with zero attached hydrogens (tertiary/aromatic N) is 1. The number of hydrogen-bond acceptors (Lipinski definition) is 6. The van der Waals surface area contributed by atoms with Crippen molar-refractivity contribution in [1.29, 1.82) is 0 Å². The minimum absolute atomic E-state index is 0.231. The Morgan fingerprint density at radius 3 is 1.11 bits per heavy atom. The summed E-state index contributed by atoms with van der Waals surface area (Å²) < 4.78 is 8.53. The Balaban J connectivity index is 3.81. The van der Waals surface area contributed by atoms with Crippen LogP contribution in [0.3, 0.4) is 0 Å². The van der Waals surface area contributed by atoms with Gasteiger partial charge in [-0.25, -0.2) is 0 Å². The van der Waals surface area contributed by atoms with Gasteiger partial charge in [-0.15, -0.1) is 0 Å². The summed E-state index contributed by atoms with van der Waals surface area (Å²) in [6, 6.07) is 0. The van der Waals surface area contributed by atoms with E-state index in [9.17, 15) is 19.7 Å². The van der Waals surface area contributed by atoms with Crippen molar-refractivity contribution in [3.05, 3.63) is 34.4 Å². The highest BCUT2D eigenvalue weighted by molar-refractivity contribution is 9.10.